The maximum atomic E-state index is 12.3. The predicted molar refractivity (Wildman–Crippen MR) is 94.6 cm³/mol. The van der Waals surface area contributed by atoms with E-state index in [-0.39, 0.29) is 18.6 Å². The van der Waals surface area contributed by atoms with Crippen molar-refractivity contribution in [2.75, 3.05) is 19.7 Å². The second-order valence-electron chi connectivity index (χ2n) is 7.58. The van der Waals surface area contributed by atoms with Gasteiger partial charge in [0.25, 0.3) is 5.78 Å². The average Bonchev–Trinajstić information content (AvgIpc) is 2.54. The highest BCUT2D eigenvalue weighted by Gasteiger charge is 2.36. The number of likely N-dealkylation sites (tertiary alicyclic amines) is 1. The van der Waals surface area contributed by atoms with Crippen LogP contribution in [0, 0.1) is 11.8 Å². The number of piperidine rings is 1. The topological polar surface area (TPSA) is 109 Å². The highest BCUT2D eigenvalue weighted by Crippen LogP contribution is 2.26. The van der Waals surface area contributed by atoms with E-state index in [4.69, 9.17) is 15.0 Å². The Morgan fingerprint density at radius 2 is 1.81 bits per heavy atom. The van der Waals surface area contributed by atoms with Crippen LogP contribution in [-0.2, 0) is 19.1 Å². The van der Waals surface area contributed by atoms with E-state index >= 15 is 0 Å². The summed E-state index contributed by atoms with van der Waals surface area (Å²) in [5, 5.41) is 0. The Balaban J connectivity index is 2.54. The van der Waals surface area contributed by atoms with Crippen molar-refractivity contribution in [1.29, 1.82) is 0 Å². The van der Waals surface area contributed by atoms with Gasteiger partial charge in [-0.2, -0.15) is 4.79 Å². The molecule has 1 atom stereocenters. The third kappa shape index (κ3) is 6.59. The molecule has 1 aliphatic rings. The molecule has 0 aromatic carbocycles. The van der Waals surface area contributed by atoms with Gasteiger partial charge in [-0.25, -0.2) is 9.59 Å². The lowest BCUT2D eigenvalue weighted by molar-refractivity contribution is -0.142. The molecule has 0 N–H and O–H groups in total. The van der Waals surface area contributed by atoms with Crippen LogP contribution in [0.4, 0.5) is 4.79 Å². The fourth-order valence-corrected chi connectivity index (χ4v) is 2.91. The number of ether oxygens (including phenoxy) is 2. The minimum atomic E-state index is -0.911. The quantitative estimate of drug-likeness (QED) is 0.235. The number of Topliss-reactive ketones (excluding diaryl/α,β-unsaturated/α-hetero) is 1. The maximum absolute atomic E-state index is 12.3. The van der Waals surface area contributed by atoms with E-state index in [0.717, 1.165) is 12.8 Å². The molecule has 0 aromatic rings. The number of hydrogen-bond donors (Lipinski definition) is 0. The zero-order chi connectivity index (χ0) is 19.9. The normalized spacial score (nSPS) is 16.4. The summed E-state index contributed by atoms with van der Waals surface area (Å²) in [6.45, 7) is 10.0. The molecule has 1 saturated heterocycles. The zero-order valence-corrected chi connectivity index (χ0v) is 16.3. The van der Waals surface area contributed by atoms with Crippen molar-refractivity contribution in [2.24, 2.45) is 11.8 Å². The Bertz CT molecular complexity index is 582. The van der Waals surface area contributed by atoms with E-state index in [1.165, 1.54) is 0 Å². The second kappa shape index (κ2) is 9.48. The van der Waals surface area contributed by atoms with Crippen molar-refractivity contribution < 1.29 is 28.6 Å². The highest BCUT2D eigenvalue weighted by molar-refractivity contribution is 6.62. The fourth-order valence-electron chi connectivity index (χ4n) is 2.91. The number of nitrogens with zero attached hydrogens (tertiary/aromatic N) is 3. The Hall–Kier alpha value is -2.21. The maximum Gasteiger partial charge on any atom is 0.441 e. The van der Waals surface area contributed by atoms with Gasteiger partial charge in [-0.15, -0.1) is 0 Å². The molecule has 1 amide bonds. The molecule has 0 unspecified atom stereocenters. The third-order valence-corrected chi connectivity index (χ3v) is 4.20. The SMILES string of the molecule is CCOC(=O)C(=[N+]=[N-])C(=O)[C@H](C)CC1CCN(C(=O)OC(C)(C)C)CC1. The van der Waals surface area contributed by atoms with Gasteiger partial charge in [0.2, 0.25) is 0 Å². The Labute approximate surface area is 154 Å². The van der Waals surface area contributed by atoms with Crippen molar-refractivity contribution in [1.82, 2.24) is 4.90 Å². The molecular weight excluding hydrogens is 338 g/mol. The molecule has 146 valence electrons. The largest absolute Gasteiger partial charge is 0.457 e. The Morgan fingerprint density at radius 1 is 1.23 bits per heavy atom. The van der Waals surface area contributed by atoms with Gasteiger partial charge in [0.15, 0.2) is 0 Å². The van der Waals surface area contributed by atoms with Crippen molar-refractivity contribution in [3.05, 3.63) is 5.53 Å². The van der Waals surface area contributed by atoms with Gasteiger partial charge < -0.3 is 19.9 Å². The first-order valence-corrected chi connectivity index (χ1v) is 9.00. The van der Waals surface area contributed by atoms with Crippen LogP contribution in [0.15, 0.2) is 0 Å². The van der Waals surface area contributed by atoms with Gasteiger partial charge in [0.1, 0.15) is 5.60 Å². The number of carbonyl (C=O) groups is 3. The number of rotatable bonds is 6. The molecular formula is C18H29N3O5. The molecule has 0 bridgehead atoms. The molecule has 0 aliphatic carbocycles. The molecule has 1 aliphatic heterocycles. The monoisotopic (exact) mass is 367 g/mol. The molecule has 26 heavy (non-hydrogen) atoms. The molecule has 0 saturated carbocycles. The van der Waals surface area contributed by atoms with Gasteiger partial charge in [0.05, 0.1) is 6.61 Å². The lowest BCUT2D eigenvalue weighted by atomic mass is 9.85. The number of esters is 1. The van der Waals surface area contributed by atoms with Crippen LogP contribution < -0.4 is 0 Å². The molecule has 8 nitrogen and oxygen atoms in total. The van der Waals surface area contributed by atoms with Crippen LogP contribution in [0.2, 0.25) is 0 Å². The van der Waals surface area contributed by atoms with Crippen molar-refractivity contribution in [3.8, 4) is 0 Å². The van der Waals surface area contributed by atoms with Gasteiger partial charge in [-0.05, 0) is 52.9 Å². The minimum Gasteiger partial charge on any atom is -0.457 e. The number of amides is 1. The van der Waals surface area contributed by atoms with Crippen molar-refractivity contribution >= 4 is 23.6 Å². The van der Waals surface area contributed by atoms with Crippen LogP contribution >= 0.6 is 0 Å². The number of ketones is 1. The number of hydrogen-bond acceptors (Lipinski definition) is 5. The van der Waals surface area contributed by atoms with Crippen LogP contribution in [0.1, 0.15) is 53.9 Å². The molecule has 1 fully saturated rings. The summed E-state index contributed by atoms with van der Waals surface area (Å²) in [5.74, 6) is -1.66. The van der Waals surface area contributed by atoms with E-state index in [1.807, 2.05) is 20.8 Å². The van der Waals surface area contributed by atoms with E-state index < -0.39 is 29.0 Å². The third-order valence-electron chi connectivity index (χ3n) is 4.20. The predicted octanol–water partition coefficient (Wildman–Crippen LogP) is 2.46. The lowest BCUT2D eigenvalue weighted by Crippen LogP contribution is -2.42. The second-order valence-corrected chi connectivity index (χ2v) is 7.58. The molecule has 0 aromatic heterocycles. The van der Waals surface area contributed by atoms with Crippen molar-refractivity contribution in [3.63, 3.8) is 0 Å². The summed E-state index contributed by atoms with van der Waals surface area (Å²) in [4.78, 5) is 40.5. The summed E-state index contributed by atoms with van der Waals surface area (Å²) in [5.41, 5.74) is 7.85. The van der Waals surface area contributed by atoms with E-state index in [0.29, 0.717) is 19.5 Å². The molecule has 0 radical (unpaired) electrons. The van der Waals surface area contributed by atoms with Crippen LogP contribution in [0.25, 0.3) is 5.53 Å². The first kappa shape index (κ1) is 21.8. The van der Waals surface area contributed by atoms with Crippen molar-refractivity contribution in [2.45, 2.75) is 59.5 Å². The summed E-state index contributed by atoms with van der Waals surface area (Å²) >= 11 is 0. The Kier molecular flexibility index (Phi) is 7.96. The molecule has 0 spiro atoms. The van der Waals surface area contributed by atoms with Crippen LogP contribution in [-0.4, -0.2) is 58.5 Å². The first-order valence-electron chi connectivity index (χ1n) is 9.00. The Morgan fingerprint density at radius 3 is 2.27 bits per heavy atom. The summed E-state index contributed by atoms with van der Waals surface area (Å²) < 4.78 is 10.1. The summed E-state index contributed by atoms with van der Waals surface area (Å²) in [6, 6.07) is 0. The fraction of sp³-hybridized carbons (Fsp3) is 0.778. The van der Waals surface area contributed by atoms with E-state index in [1.54, 1.807) is 18.7 Å². The average molecular weight is 367 g/mol. The van der Waals surface area contributed by atoms with Gasteiger partial charge >= 0.3 is 17.8 Å². The van der Waals surface area contributed by atoms with E-state index in [2.05, 4.69) is 4.79 Å². The highest BCUT2D eigenvalue weighted by atomic mass is 16.6. The standard InChI is InChI=1S/C18H29N3O5/c1-6-25-16(23)14(20-19)15(22)12(2)11-13-7-9-21(10-8-13)17(24)26-18(3,4)5/h12-13H,6-11H2,1-5H3/t12-/m1/s1. The molecule has 1 rings (SSSR count). The van der Waals surface area contributed by atoms with Gasteiger partial charge in [0, 0.05) is 19.0 Å². The zero-order valence-electron chi connectivity index (χ0n) is 16.3. The number of carbonyl (C=O) groups excluding carboxylic acids is 3. The first-order chi connectivity index (χ1) is 12.1. The van der Waals surface area contributed by atoms with Gasteiger partial charge in [-0.1, -0.05) is 6.92 Å². The molecule has 8 heteroatoms. The van der Waals surface area contributed by atoms with Gasteiger partial charge in [-0.3, -0.25) is 4.79 Å². The summed E-state index contributed by atoms with van der Waals surface area (Å²) in [7, 11) is 0. The van der Waals surface area contributed by atoms with Crippen LogP contribution in [0.3, 0.4) is 0 Å². The van der Waals surface area contributed by atoms with Crippen LogP contribution in [0.5, 0.6) is 0 Å². The smallest absolute Gasteiger partial charge is 0.441 e. The molecule has 1 heterocycles. The van der Waals surface area contributed by atoms with E-state index in [9.17, 15) is 14.4 Å². The summed E-state index contributed by atoms with van der Waals surface area (Å²) in [6.07, 6.45) is 1.74. The lowest BCUT2D eigenvalue weighted by Gasteiger charge is -2.34. The minimum absolute atomic E-state index is 0.0998.